The van der Waals surface area contributed by atoms with Gasteiger partial charge in [-0.25, -0.2) is 14.2 Å². The second-order valence-electron chi connectivity index (χ2n) is 12.9. The summed E-state index contributed by atoms with van der Waals surface area (Å²) in [7, 11) is 0. The summed E-state index contributed by atoms with van der Waals surface area (Å²) < 4.78 is 3.91. The lowest BCUT2D eigenvalue weighted by Crippen LogP contribution is -2.49. The van der Waals surface area contributed by atoms with Gasteiger partial charge in [0.05, 0.1) is 23.8 Å². The number of carbonyl (C=O) groups is 2. The monoisotopic (exact) mass is 722 g/mol. The molecule has 1 aromatic heterocycles. The molecule has 0 aliphatic carbocycles. The lowest BCUT2D eigenvalue weighted by atomic mass is 9.89. The first-order valence-corrected chi connectivity index (χ1v) is 17.6. The molecule has 0 spiro atoms. The molecule has 12 heteroatoms. The summed E-state index contributed by atoms with van der Waals surface area (Å²) in [6.45, 7) is 0.395. The maximum absolute atomic E-state index is 14.8. The van der Waals surface area contributed by atoms with Crippen molar-refractivity contribution in [3.05, 3.63) is 189 Å². The van der Waals surface area contributed by atoms with Crippen molar-refractivity contribution in [3.63, 3.8) is 0 Å². The number of guanidine groups is 1. The molecule has 5 aromatic carbocycles. The number of benzene rings is 5. The van der Waals surface area contributed by atoms with Crippen molar-refractivity contribution in [2.24, 2.45) is 11.5 Å². The molecule has 0 radical (unpaired) electrons. The average molecular weight is 723 g/mol. The van der Waals surface area contributed by atoms with Gasteiger partial charge in [0.1, 0.15) is 6.04 Å². The third kappa shape index (κ3) is 8.39. The van der Waals surface area contributed by atoms with E-state index in [1.165, 1.54) is 18.8 Å². The summed E-state index contributed by atoms with van der Waals surface area (Å²) in [5.41, 5.74) is 14.5. The minimum absolute atomic E-state index is 0.00437. The second kappa shape index (κ2) is 17.0. The molecule has 0 aliphatic heterocycles. The van der Waals surface area contributed by atoms with Gasteiger partial charge in [0.15, 0.2) is 5.96 Å². The van der Waals surface area contributed by atoms with Crippen molar-refractivity contribution in [2.45, 2.75) is 37.9 Å². The summed E-state index contributed by atoms with van der Waals surface area (Å²) in [6.07, 6.45) is 0.667. The molecule has 54 heavy (non-hydrogen) atoms. The molecule has 0 bridgehead atoms. The van der Waals surface area contributed by atoms with Crippen molar-refractivity contribution < 1.29 is 9.59 Å². The van der Waals surface area contributed by atoms with E-state index in [1.807, 2.05) is 84.9 Å². The number of nitrogens with zero attached hydrogens (tertiary/aromatic N) is 4. The van der Waals surface area contributed by atoms with E-state index in [-0.39, 0.29) is 31.4 Å². The third-order valence-electron chi connectivity index (χ3n) is 9.21. The van der Waals surface area contributed by atoms with Gasteiger partial charge in [-0.05, 0) is 59.4 Å². The van der Waals surface area contributed by atoms with Crippen LogP contribution in [0, 0.1) is 5.41 Å². The van der Waals surface area contributed by atoms with E-state index >= 15 is 0 Å². The summed E-state index contributed by atoms with van der Waals surface area (Å²) >= 11 is 0. The third-order valence-corrected chi connectivity index (χ3v) is 9.21. The van der Waals surface area contributed by atoms with Crippen LogP contribution in [0.2, 0.25) is 0 Å². The van der Waals surface area contributed by atoms with Crippen LogP contribution in [-0.2, 0) is 22.7 Å². The molecule has 0 aliphatic rings. The number of para-hydroxylation sites is 2. The Hall–Kier alpha value is -6.95. The fourth-order valence-corrected chi connectivity index (χ4v) is 6.58. The molecule has 0 fully saturated rings. The molecular weight excluding hydrogens is 681 g/mol. The van der Waals surface area contributed by atoms with Crippen LogP contribution in [0.3, 0.4) is 0 Å². The highest BCUT2D eigenvalue weighted by Gasteiger charge is 2.34. The predicted molar refractivity (Wildman–Crippen MR) is 209 cm³/mol. The summed E-state index contributed by atoms with van der Waals surface area (Å²) in [5, 5.41) is 10.2. The SMILES string of the molecule is N=C(N)NCCC[C@@H](C(N)=O)N(Cc1ccc(Cn2c(=O)n(-c3ccccc3)n(-c3ccccc3)c2=O)cc1)C(=O)C(c1ccccc1)c1ccccc1. The van der Waals surface area contributed by atoms with E-state index in [9.17, 15) is 19.2 Å². The number of rotatable bonds is 15. The first-order chi connectivity index (χ1) is 26.2. The van der Waals surface area contributed by atoms with Crippen LogP contribution < -0.4 is 28.2 Å². The molecule has 6 rings (SSSR count). The van der Waals surface area contributed by atoms with Crippen molar-refractivity contribution in [2.75, 3.05) is 6.54 Å². The van der Waals surface area contributed by atoms with E-state index < -0.39 is 29.2 Å². The van der Waals surface area contributed by atoms with Crippen LogP contribution in [0.4, 0.5) is 0 Å². The highest BCUT2D eigenvalue weighted by Crippen LogP contribution is 2.29. The van der Waals surface area contributed by atoms with Crippen LogP contribution >= 0.6 is 0 Å². The smallest absolute Gasteiger partial charge is 0.352 e. The number of aromatic nitrogens is 3. The zero-order valence-corrected chi connectivity index (χ0v) is 29.6. The largest absolute Gasteiger partial charge is 0.370 e. The van der Waals surface area contributed by atoms with E-state index in [0.29, 0.717) is 29.9 Å². The lowest BCUT2D eigenvalue weighted by Gasteiger charge is -2.33. The highest BCUT2D eigenvalue weighted by molar-refractivity contribution is 5.92. The number of hydrogen-bond acceptors (Lipinski definition) is 5. The maximum Gasteiger partial charge on any atom is 0.352 e. The molecule has 1 atom stereocenters. The van der Waals surface area contributed by atoms with Gasteiger partial charge in [0.25, 0.3) is 0 Å². The van der Waals surface area contributed by atoms with E-state index in [1.54, 1.807) is 60.7 Å². The quantitative estimate of drug-likeness (QED) is 0.0705. The summed E-state index contributed by atoms with van der Waals surface area (Å²) in [4.78, 5) is 57.1. The molecule has 1 heterocycles. The fourth-order valence-electron chi connectivity index (χ4n) is 6.58. The van der Waals surface area contributed by atoms with E-state index in [2.05, 4.69) is 5.32 Å². The lowest BCUT2D eigenvalue weighted by molar-refractivity contribution is -0.141. The zero-order valence-electron chi connectivity index (χ0n) is 29.6. The Morgan fingerprint density at radius 3 is 1.54 bits per heavy atom. The average Bonchev–Trinajstić information content (AvgIpc) is 3.44. The van der Waals surface area contributed by atoms with E-state index in [0.717, 1.165) is 16.7 Å². The topological polar surface area (TPSA) is 174 Å². The van der Waals surface area contributed by atoms with Gasteiger partial charge in [0, 0.05) is 13.1 Å². The Labute approximate surface area is 312 Å². The number of primary amides is 1. The first-order valence-electron chi connectivity index (χ1n) is 17.6. The first kappa shape index (κ1) is 36.8. The molecule has 6 aromatic rings. The number of hydrogen-bond donors (Lipinski definition) is 4. The predicted octanol–water partition coefficient (Wildman–Crippen LogP) is 4.12. The Kier molecular flexibility index (Phi) is 11.6. The van der Waals surface area contributed by atoms with Gasteiger partial charge < -0.3 is 21.7 Å². The van der Waals surface area contributed by atoms with Crippen molar-refractivity contribution in [1.82, 2.24) is 24.1 Å². The van der Waals surface area contributed by atoms with Crippen LogP contribution in [0.1, 0.15) is 41.0 Å². The van der Waals surface area contributed by atoms with Gasteiger partial charge in [-0.1, -0.05) is 121 Å². The van der Waals surface area contributed by atoms with E-state index in [4.69, 9.17) is 16.9 Å². The molecule has 2 amide bonds. The Morgan fingerprint density at radius 1 is 0.648 bits per heavy atom. The molecule has 0 saturated carbocycles. The maximum atomic E-state index is 14.8. The van der Waals surface area contributed by atoms with Gasteiger partial charge in [-0.3, -0.25) is 15.0 Å². The summed E-state index contributed by atoms with van der Waals surface area (Å²) in [6, 6.07) is 43.0. The second-order valence-corrected chi connectivity index (χ2v) is 12.9. The van der Waals surface area contributed by atoms with Gasteiger partial charge in [-0.2, -0.15) is 9.36 Å². The van der Waals surface area contributed by atoms with Crippen molar-refractivity contribution in [3.8, 4) is 11.4 Å². The zero-order chi connectivity index (χ0) is 38.0. The summed E-state index contributed by atoms with van der Waals surface area (Å²) in [5.74, 6) is -1.85. The standard InChI is InChI=1S/C42H42N8O4/c43-38(51)36(22-13-27-46-40(44)45)47(39(52)37(32-14-5-1-6-15-32)33-16-7-2-8-17-33)28-30-23-25-31(26-24-30)29-48-41(53)49(34-18-9-3-10-19-34)50(42(48)54)35-20-11-4-12-21-35/h1-12,14-21,23-26,36-37H,13,22,27-29H2,(H2,43,51)(H4,44,45,46)/t36-/m0/s1. The van der Waals surface area contributed by atoms with Gasteiger partial charge >= 0.3 is 11.4 Å². The minimum Gasteiger partial charge on any atom is -0.370 e. The van der Waals surface area contributed by atoms with Crippen LogP contribution in [0.5, 0.6) is 0 Å². The van der Waals surface area contributed by atoms with Crippen molar-refractivity contribution in [1.29, 1.82) is 5.41 Å². The minimum atomic E-state index is -0.964. The van der Waals surface area contributed by atoms with Crippen LogP contribution in [0.25, 0.3) is 11.4 Å². The number of carbonyl (C=O) groups excluding carboxylic acids is 2. The Morgan fingerprint density at radius 2 is 1.09 bits per heavy atom. The van der Waals surface area contributed by atoms with Crippen LogP contribution in [0.15, 0.2) is 155 Å². The molecule has 12 nitrogen and oxygen atoms in total. The van der Waals surface area contributed by atoms with Crippen molar-refractivity contribution >= 4 is 17.8 Å². The number of nitrogens with two attached hydrogens (primary N) is 2. The number of nitrogens with one attached hydrogen (secondary N) is 2. The molecule has 0 unspecified atom stereocenters. The fraction of sp³-hybridized carbons (Fsp3) is 0.167. The molecular formula is C42H42N8O4. The number of amides is 2. The Balaban J connectivity index is 1.33. The molecule has 0 saturated heterocycles. The van der Waals surface area contributed by atoms with Crippen LogP contribution in [-0.4, -0.2) is 49.2 Å². The molecule has 274 valence electrons. The Bertz CT molecular complexity index is 2190. The molecule has 6 N–H and O–H groups in total. The van der Waals surface area contributed by atoms with Gasteiger partial charge in [-0.15, -0.1) is 0 Å². The van der Waals surface area contributed by atoms with Gasteiger partial charge in [0.2, 0.25) is 11.8 Å². The highest BCUT2D eigenvalue weighted by atomic mass is 16.2. The normalized spacial score (nSPS) is 11.6.